The summed E-state index contributed by atoms with van der Waals surface area (Å²) in [5.74, 6) is 2.46. The molecule has 2 aliphatic rings. The molecule has 0 N–H and O–H groups in total. The van der Waals surface area contributed by atoms with Crippen molar-refractivity contribution in [3.8, 4) is 17.3 Å². The van der Waals surface area contributed by atoms with Gasteiger partial charge in [-0.1, -0.05) is 35.9 Å². The fourth-order valence-electron chi connectivity index (χ4n) is 3.83. The minimum absolute atomic E-state index is 0.195. The zero-order valence-electron chi connectivity index (χ0n) is 17.6. The monoisotopic (exact) mass is 435 g/mol. The van der Waals surface area contributed by atoms with Crippen LogP contribution in [0.4, 0.5) is 0 Å². The molecule has 1 heterocycles. The Hall–Kier alpha value is -2.79. The van der Waals surface area contributed by atoms with E-state index in [1.165, 1.54) is 12.8 Å². The Bertz CT molecular complexity index is 1090. The molecule has 0 radical (unpaired) electrons. The van der Waals surface area contributed by atoms with E-state index >= 15 is 0 Å². The van der Waals surface area contributed by atoms with Gasteiger partial charge < -0.3 is 9.64 Å². The van der Waals surface area contributed by atoms with E-state index in [1.54, 1.807) is 4.68 Å². The molecule has 3 aromatic rings. The van der Waals surface area contributed by atoms with Crippen molar-refractivity contribution in [2.24, 2.45) is 11.8 Å². The number of benzene rings is 2. The summed E-state index contributed by atoms with van der Waals surface area (Å²) < 4.78 is 8.14. The lowest BCUT2D eigenvalue weighted by molar-refractivity contribution is -0.133. The van der Waals surface area contributed by atoms with E-state index in [0.717, 1.165) is 42.1 Å². The van der Waals surface area contributed by atoms with Gasteiger partial charge in [-0.25, -0.2) is 4.68 Å². The lowest BCUT2D eigenvalue weighted by Crippen LogP contribution is -2.33. The van der Waals surface area contributed by atoms with E-state index in [1.807, 2.05) is 66.4 Å². The first-order chi connectivity index (χ1) is 15.1. The van der Waals surface area contributed by atoms with Gasteiger partial charge in [-0.3, -0.25) is 4.79 Å². The standard InChI is InChI=1S/C25H26ClN3O2/c1-17-23(16-28(15-18-10-11-18)24(30)19-12-13-19)25(31-22-8-3-2-4-9-22)29(27-17)21-7-5-6-20(26)14-21/h2-9,14,18-19H,10-13,15-16H2,1H3. The van der Waals surface area contributed by atoms with Gasteiger partial charge in [0, 0.05) is 17.5 Å². The van der Waals surface area contributed by atoms with Crippen molar-refractivity contribution in [3.05, 3.63) is 70.9 Å². The van der Waals surface area contributed by atoms with Gasteiger partial charge in [0.05, 0.1) is 23.5 Å². The highest BCUT2D eigenvalue weighted by molar-refractivity contribution is 6.30. The van der Waals surface area contributed by atoms with Crippen LogP contribution in [0.1, 0.15) is 36.9 Å². The first kappa shape index (κ1) is 20.1. The molecule has 5 rings (SSSR count). The number of para-hydroxylation sites is 1. The summed E-state index contributed by atoms with van der Waals surface area (Å²) in [7, 11) is 0. The van der Waals surface area contributed by atoms with Crippen LogP contribution < -0.4 is 4.74 Å². The molecule has 0 bridgehead atoms. The number of rotatable bonds is 8. The minimum atomic E-state index is 0.195. The molecule has 0 aliphatic heterocycles. The molecular formula is C25H26ClN3O2. The van der Waals surface area contributed by atoms with Crippen LogP contribution in [0.25, 0.3) is 5.69 Å². The van der Waals surface area contributed by atoms with Crippen molar-refractivity contribution < 1.29 is 9.53 Å². The van der Waals surface area contributed by atoms with Crippen LogP contribution >= 0.6 is 11.6 Å². The van der Waals surface area contributed by atoms with E-state index in [2.05, 4.69) is 0 Å². The summed E-state index contributed by atoms with van der Waals surface area (Å²) >= 11 is 6.25. The topological polar surface area (TPSA) is 47.4 Å². The normalized spacial score (nSPS) is 15.7. The maximum absolute atomic E-state index is 13.0. The fraction of sp³-hybridized carbons (Fsp3) is 0.360. The molecule has 2 saturated carbocycles. The molecule has 0 saturated heterocycles. The second kappa shape index (κ2) is 8.39. The highest BCUT2D eigenvalue weighted by Crippen LogP contribution is 2.37. The summed E-state index contributed by atoms with van der Waals surface area (Å²) in [5.41, 5.74) is 2.63. The van der Waals surface area contributed by atoms with Gasteiger partial charge in [0.1, 0.15) is 5.75 Å². The molecule has 1 aromatic heterocycles. The molecule has 31 heavy (non-hydrogen) atoms. The summed E-state index contributed by atoms with van der Waals surface area (Å²) in [4.78, 5) is 15.0. The molecule has 2 fully saturated rings. The Morgan fingerprint density at radius 3 is 2.58 bits per heavy atom. The highest BCUT2D eigenvalue weighted by Gasteiger charge is 2.37. The van der Waals surface area contributed by atoms with Gasteiger partial charge in [0.25, 0.3) is 0 Å². The molecule has 0 spiro atoms. The Morgan fingerprint density at radius 2 is 1.90 bits per heavy atom. The zero-order valence-corrected chi connectivity index (χ0v) is 18.4. The van der Waals surface area contributed by atoms with Crippen LogP contribution in [0.3, 0.4) is 0 Å². The highest BCUT2D eigenvalue weighted by atomic mass is 35.5. The number of carbonyl (C=O) groups is 1. The van der Waals surface area contributed by atoms with Crippen molar-refractivity contribution >= 4 is 17.5 Å². The number of amides is 1. The molecular weight excluding hydrogens is 410 g/mol. The number of carbonyl (C=O) groups excluding carboxylic acids is 1. The molecule has 160 valence electrons. The van der Waals surface area contributed by atoms with Gasteiger partial charge >= 0.3 is 0 Å². The van der Waals surface area contributed by atoms with Gasteiger partial charge in [0.2, 0.25) is 11.8 Å². The molecule has 2 aromatic carbocycles. The average Bonchev–Trinajstić information content (AvgIpc) is 3.69. The van der Waals surface area contributed by atoms with E-state index < -0.39 is 0 Å². The van der Waals surface area contributed by atoms with E-state index in [9.17, 15) is 4.79 Å². The van der Waals surface area contributed by atoms with Crippen molar-refractivity contribution in [2.45, 2.75) is 39.2 Å². The van der Waals surface area contributed by atoms with Crippen LogP contribution in [0.2, 0.25) is 5.02 Å². The number of ether oxygens (including phenoxy) is 1. The Balaban J connectivity index is 1.54. The summed E-state index contributed by atoms with van der Waals surface area (Å²) in [6.07, 6.45) is 4.44. The predicted molar refractivity (Wildman–Crippen MR) is 121 cm³/mol. The van der Waals surface area contributed by atoms with Crippen LogP contribution in [0, 0.1) is 18.8 Å². The van der Waals surface area contributed by atoms with Gasteiger partial charge in [0.15, 0.2) is 0 Å². The molecule has 1 amide bonds. The third-order valence-electron chi connectivity index (χ3n) is 5.91. The van der Waals surface area contributed by atoms with Crippen LogP contribution in [-0.2, 0) is 11.3 Å². The third-order valence-corrected chi connectivity index (χ3v) is 6.15. The Kier molecular flexibility index (Phi) is 5.45. The summed E-state index contributed by atoms with van der Waals surface area (Å²) in [6.45, 7) is 3.31. The Labute approximate surface area is 187 Å². The SMILES string of the molecule is Cc1nn(-c2cccc(Cl)c2)c(Oc2ccccc2)c1CN(CC1CC1)C(=O)C1CC1. The first-order valence-electron chi connectivity index (χ1n) is 10.9. The third kappa shape index (κ3) is 4.62. The minimum Gasteiger partial charge on any atom is -0.439 e. The fourth-order valence-corrected chi connectivity index (χ4v) is 4.02. The smallest absolute Gasteiger partial charge is 0.227 e. The molecule has 0 unspecified atom stereocenters. The maximum atomic E-state index is 13.0. The number of hydrogen-bond acceptors (Lipinski definition) is 3. The quantitative estimate of drug-likeness (QED) is 0.451. The van der Waals surface area contributed by atoms with E-state index in [4.69, 9.17) is 21.4 Å². The molecule has 6 heteroatoms. The van der Waals surface area contributed by atoms with E-state index in [-0.39, 0.29) is 11.8 Å². The lowest BCUT2D eigenvalue weighted by atomic mass is 10.2. The van der Waals surface area contributed by atoms with Crippen LogP contribution in [0.15, 0.2) is 54.6 Å². The van der Waals surface area contributed by atoms with Crippen molar-refractivity contribution in [1.29, 1.82) is 0 Å². The number of nitrogens with zero attached hydrogens (tertiary/aromatic N) is 3. The van der Waals surface area contributed by atoms with Gasteiger partial charge in [-0.2, -0.15) is 5.10 Å². The van der Waals surface area contributed by atoms with Crippen LogP contribution in [0.5, 0.6) is 11.6 Å². The number of aromatic nitrogens is 2. The summed E-state index contributed by atoms with van der Waals surface area (Å²) in [6, 6.07) is 17.2. The summed E-state index contributed by atoms with van der Waals surface area (Å²) in [5, 5.41) is 5.42. The number of hydrogen-bond donors (Lipinski definition) is 0. The van der Waals surface area contributed by atoms with Crippen LogP contribution in [-0.4, -0.2) is 27.1 Å². The molecule has 0 atom stereocenters. The van der Waals surface area contributed by atoms with E-state index in [0.29, 0.717) is 23.4 Å². The zero-order chi connectivity index (χ0) is 21.4. The Morgan fingerprint density at radius 1 is 1.13 bits per heavy atom. The first-order valence-corrected chi connectivity index (χ1v) is 11.3. The number of halogens is 1. The van der Waals surface area contributed by atoms with Crippen molar-refractivity contribution in [1.82, 2.24) is 14.7 Å². The maximum Gasteiger partial charge on any atom is 0.227 e. The largest absolute Gasteiger partial charge is 0.439 e. The lowest BCUT2D eigenvalue weighted by Gasteiger charge is -2.23. The average molecular weight is 436 g/mol. The van der Waals surface area contributed by atoms with Crippen molar-refractivity contribution in [3.63, 3.8) is 0 Å². The second-order valence-corrected chi connectivity index (χ2v) is 9.05. The van der Waals surface area contributed by atoms with Gasteiger partial charge in [-0.05, 0) is 68.9 Å². The second-order valence-electron chi connectivity index (χ2n) is 8.61. The number of aryl methyl sites for hydroxylation is 1. The molecule has 5 nitrogen and oxygen atoms in total. The molecule has 2 aliphatic carbocycles. The predicted octanol–water partition coefficient (Wildman–Crippen LogP) is 5.78. The van der Waals surface area contributed by atoms with Gasteiger partial charge in [-0.15, -0.1) is 0 Å². The van der Waals surface area contributed by atoms with Crippen molar-refractivity contribution in [2.75, 3.05) is 6.54 Å².